The molecule has 0 saturated carbocycles. The topological polar surface area (TPSA) is 49.8 Å². The highest BCUT2D eigenvalue weighted by atomic mass is 16.5. The number of rotatable bonds is 4. The smallest absolute Gasteiger partial charge is 0.253 e. The summed E-state index contributed by atoms with van der Waals surface area (Å²) in [7, 11) is 0. The van der Waals surface area contributed by atoms with Crippen LogP contribution in [0.3, 0.4) is 0 Å². The minimum absolute atomic E-state index is 0.0176. The fraction of sp³-hybridized carbons (Fsp3) is 0.588. The predicted molar refractivity (Wildman–Crippen MR) is 82.5 cm³/mol. The van der Waals surface area contributed by atoms with Crippen molar-refractivity contribution in [2.24, 2.45) is 5.92 Å². The highest BCUT2D eigenvalue weighted by Gasteiger charge is 2.27. The van der Waals surface area contributed by atoms with Crippen LogP contribution in [0.25, 0.3) is 0 Å². The van der Waals surface area contributed by atoms with Crippen LogP contribution >= 0.6 is 0 Å². The van der Waals surface area contributed by atoms with E-state index in [1.807, 2.05) is 26.0 Å². The normalized spacial score (nSPS) is 23.7. The molecule has 21 heavy (non-hydrogen) atoms. The number of carbonyl (C=O) groups is 1. The van der Waals surface area contributed by atoms with Gasteiger partial charge in [0.2, 0.25) is 0 Å². The Kier molecular flexibility index (Phi) is 5.23. The minimum atomic E-state index is -0.421. The van der Waals surface area contributed by atoms with Crippen LogP contribution < -0.4 is 4.74 Å². The number of piperidine rings is 1. The molecule has 1 fully saturated rings. The van der Waals surface area contributed by atoms with Crippen LogP contribution in [0.4, 0.5) is 0 Å². The lowest BCUT2D eigenvalue weighted by molar-refractivity contribution is 0.0248. The van der Waals surface area contributed by atoms with E-state index < -0.39 is 6.10 Å². The molecule has 0 spiro atoms. The summed E-state index contributed by atoms with van der Waals surface area (Å²) < 4.78 is 5.71. The van der Waals surface area contributed by atoms with E-state index in [0.717, 1.165) is 18.6 Å². The van der Waals surface area contributed by atoms with Crippen molar-refractivity contribution < 1.29 is 14.6 Å². The Morgan fingerprint density at radius 2 is 2.10 bits per heavy atom. The molecular formula is C17H25NO3. The van der Waals surface area contributed by atoms with E-state index in [1.54, 1.807) is 17.0 Å². The van der Waals surface area contributed by atoms with Crippen molar-refractivity contribution in [3.63, 3.8) is 0 Å². The third-order valence-electron chi connectivity index (χ3n) is 4.22. The van der Waals surface area contributed by atoms with Crippen molar-refractivity contribution in [1.82, 2.24) is 4.90 Å². The van der Waals surface area contributed by atoms with E-state index in [4.69, 9.17) is 4.74 Å². The first kappa shape index (κ1) is 15.8. The van der Waals surface area contributed by atoms with E-state index >= 15 is 0 Å². The number of ether oxygens (including phenoxy) is 1. The fourth-order valence-corrected chi connectivity index (χ4v) is 2.41. The molecule has 1 heterocycles. The van der Waals surface area contributed by atoms with Crippen LogP contribution in [0.15, 0.2) is 24.3 Å². The van der Waals surface area contributed by atoms with Gasteiger partial charge in [0.15, 0.2) is 0 Å². The predicted octanol–water partition coefficient (Wildman–Crippen LogP) is 2.71. The Hall–Kier alpha value is -1.55. The third-order valence-corrected chi connectivity index (χ3v) is 4.22. The van der Waals surface area contributed by atoms with E-state index in [2.05, 4.69) is 6.92 Å². The quantitative estimate of drug-likeness (QED) is 0.928. The molecule has 1 amide bonds. The van der Waals surface area contributed by atoms with Gasteiger partial charge < -0.3 is 14.7 Å². The maximum Gasteiger partial charge on any atom is 0.253 e. The van der Waals surface area contributed by atoms with Gasteiger partial charge in [-0.25, -0.2) is 0 Å². The number of likely N-dealkylation sites (tertiary alicyclic amines) is 1. The van der Waals surface area contributed by atoms with Gasteiger partial charge in [-0.3, -0.25) is 4.79 Å². The lowest BCUT2D eigenvalue weighted by Crippen LogP contribution is -2.45. The van der Waals surface area contributed by atoms with Crippen LogP contribution in [0.5, 0.6) is 5.75 Å². The van der Waals surface area contributed by atoms with Crippen LogP contribution in [0.2, 0.25) is 0 Å². The molecule has 3 unspecified atom stereocenters. The maximum atomic E-state index is 12.4. The van der Waals surface area contributed by atoms with E-state index in [1.165, 1.54) is 0 Å². The summed E-state index contributed by atoms with van der Waals surface area (Å²) in [5.41, 5.74) is 0.647. The van der Waals surface area contributed by atoms with Crippen LogP contribution in [-0.2, 0) is 0 Å². The lowest BCUT2D eigenvalue weighted by Gasteiger charge is -2.34. The second-order valence-electron chi connectivity index (χ2n) is 5.95. The highest BCUT2D eigenvalue weighted by molar-refractivity contribution is 5.94. The molecule has 4 heteroatoms. The summed E-state index contributed by atoms with van der Waals surface area (Å²) in [4.78, 5) is 14.1. The molecule has 4 nitrogen and oxygen atoms in total. The Labute approximate surface area is 126 Å². The SMILES string of the molecule is CCC(C)Oc1ccc(C(=O)N2CCC(C)C(O)C2)cc1. The number of β-amino-alcohol motifs (C(OH)–C–C–N with tert-alkyl or cyclic N) is 1. The van der Waals surface area contributed by atoms with Crippen molar-refractivity contribution in [2.75, 3.05) is 13.1 Å². The van der Waals surface area contributed by atoms with Crippen LogP contribution in [-0.4, -0.2) is 41.2 Å². The average Bonchev–Trinajstić information content (AvgIpc) is 2.50. The molecule has 0 aromatic heterocycles. The fourth-order valence-electron chi connectivity index (χ4n) is 2.41. The lowest BCUT2D eigenvalue weighted by atomic mass is 9.95. The van der Waals surface area contributed by atoms with Gasteiger partial charge in [-0.2, -0.15) is 0 Å². The molecule has 1 aliphatic heterocycles. The summed E-state index contributed by atoms with van der Waals surface area (Å²) in [5.74, 6) is 1.03. The van der Waals surface area contributed by atoms with E-state index in [9.17, 15) is 9.90 Å². The molecule has 1 aromatic rings. The Morgan fingerprint density at radius 3 is 2.67 bits per heavy atom. The van der Waals surface area contributed by atoms with Crippen molar-refractivity contribution in [1.29, 1.82) is 0 Å². The van der Waals surface area contributed by atoms with Gasteiger partial charge in [0.25, 0.3) is 5.91 Å². The second kappa shape index (κ2) is 6.94. The second-order valence-corrected chi connectivity index (χ2v) is 5.95. The number of benzene rings is 1. The summed E-state index contributed by atoms with van der Waals surface area (Å²) in [5, 5.41) is 9.90. The Bertz CT molecular complexity index is 471. The monoisotopic (exact) mass is 291 g/mol. The number of amides is 1. The van der Waals surface area contributed by atoms with Crippen molar-refractivity contribution in [3.8, 4) is 5.75 Å². The Balaban J connectivity index is 2.00. The van der Waals surface area contributed by atoms with E-state index in [-0.39, 0.29) is 17.9 Å². The first-order valence-corrected chi connectivity index (χ1v) is 7.75. The zero-order chi connectivity index (χ0) is 15.4. The third kappa shape index (κ3) is 3.97. The van der Waals surface area contributed by atoms with Gasteiger partial charge in [-0.05, 0) is 49.9 Å². The molecule has 1 N–H and O–H groups in total. The summed E-state index contributed by atoms with van der Waals surface area (Å²) in [6.45, 7) is 7.25. The molecule has 0 radical (unpaired) electrons. The van der Waals surface area contributed by atoms with E-state index in [0.29, 0.717) is 18.7 Å². The summed E-state index contributed by atoms with van der Waals surface area (Å²) in [6.07, 6.45) is 1.55. The number of carbonyl (C=O) groups excluding carboxylic acids is 1. The highest BCUT2D eigenvalue weighted by Crippen LogP contribution is 2.20. The number of nitrogens with zero attached hydrogens (tertiary/aromatic N) is 1. The number of hydrogen-bond donors (Lipinski definition) is 1. The summed E-state index contributed by atoms with van der Waals surface area (Å²) in [6, 6.07) is 7.26. The molecule has 0 aliphatic carbocycles. The van der Waals surface area contributed by atoms with Crippen molar-refractivity contribution in [2.45, 2.75) is 45.8 Å². The molecular weight excluding hydrogens is 266 g/mol. The zero-order valence-corrected chi connectivity index (χ0v) is 13.1. The van der Waals surface area contributed by atoms with Crippen molar-refractivity contribution in [3.05, 3.63) is 29.8 Å². The molecule has 3 atom stereocenters. The molecule has 2 rings (SSSR count). The first-order valence-electron chi connectivity index (χ1n) is 7.75. The maximum absolute atomic E-state index is 12.4. The van der Waals surface area contributed by atoms with Gasteiger partial charge in [0.05, 0.1) is 12.2 Å². The van der Waals surface area contributed by atoms with Crippen LogP contribution in [0, 0.1) is 5.92 Å². The van der Waals surface area contributed by atoms with Crippen LogP contribution in [0.1, 0.15) is 44.0 Å². The van der Waals surface area contributed by atoms with Gasteiger partial charge in [0.1, 0.15) is 5.75 Å². The Morgan fingerprint density at radius 1 is 1.43 bits per heavy atom. The molecule has 1 saturated heterocycles. The minimum Gasteiger partial charge on any atom is -0.491 e. The summed E-state index contributed by atoms with van der Waals surface area (Å²) >= 11 is 0. The average molecular weight is 291 g/mol. The van der Waals surface area contributed by atoms with Crippen molar-refractivity contribution >= 4 is 5.91 Å². The zero-order valence-electron chi connectivity index (χ0n) is 13.1. The van der Waals surface area contributed by atoms with Gasteiger partial charge in [-0.15, -0.1) is 0 Å². The van der Waals surface area contributed by atoms with Gasteiger partial charge >= 0.3 is 0 Å². The van der Waals surface area contributed by atoms with Gasteiger partial charge in [0, 0.05) is 18.7 Å². The number of aliphatic hydroxyl groups excluding tert-OH is 1. The molecule has 1 aliphatic rings. The largest absolute Gasteiger partial charge is 0.491 e. The first-order chi connectivity index (χ1) is 10.0. The number of hydrogen-bond acceptors (Lipinski definition) is 3. The standard InChI is InChI=1S/C17H25NO3/c1-4-13(3)21-15-7-5-14(6-8-15)17(20)18-10-9-12(2)16(19)11-18/h5-8,12-13,16,19H,4,9-11H2,1-3H3. The molecule has 0 bridgehead atoms. The number of aliphatic hydroxyl groups is 1. The molecule has 116 valence electrons. The van der Waals surface area contributed by atoms with Gasteiger partial charge in [-0.1, -0.05) is 13.8 Å². The molecule has 1 aromatic carbocycles.